The Hall–Kier alpha value is -3.15. The van der Waals surface area contributed by atoms with Crippen LogP contribution in [-0.4, -0.2) is 42.0 Å². The number of nitrogens with one attached hydrogen (secondary N) is 1. The van der Waals surface area contributed by atoms with Gasteiger partial charge < -0.3 is 15.0 Å². The summed E-state index contributed by atoms with van der Waals surface area (Å²) in [6.45, 7) is 0.945. The van der Waals surface area contributed by atoms with Crippen LogP contribution in [0.2, 0.25) is 0 Å². The average Bonchev–Trinajstić information content (AvgIpc) is 3.27. The molecule has 0 bridgehead atoms. The molecule has 1 aliphatic heterocycles. The van der Waals surface area contributed by atoms with Crippen LogP contribution < -0.4 is 10.2 Å². The summed E-state index contributed by atoms with van der Waals surface area (Å²) in [5.41, 5.74) is -0.565. The lowest BCUT2D eigenvalue weighted by Crippen LogP contribution is -2.50. The van der Waals surface area contributed by atoms with Crippen molar-refractivity contribution in [2.24, 2.45) is 0 Å². The van der Waals surface area contributed by atoms with Gasteiger partial charge in [-0.25, -0.2) is 4.79 Å². The van der Waals surface area contributed by atoms with Crippen LogP contribution in [0.25, 0.3) is 0 Å². The van der Waals surface area contributed by atoms with Crippen molar-refractivity contribution in [1.29, 1.82) is 5.26 Å². The molecule has 1 aliphatic carbocycles. The molecule has 1 heterocycles. The van der Waals surface area contributed by atoms with Crippen LogP contribution in [0.1, 0.15) is 55.3 Å². The summed E-state index contributed by atoms with van der Waals surface area (Å²) in [4.78, 5) is 37.3. The SMILES string of the molecule is N#CC1(NC(=O)COC(=O)c2ccc(N3CCCC3)c([N+](=O)[O-])c2)CCCCC1. The number of anilines is 1. The van der Waals surface area contributed by atoms with Gasteiger partial charge >= 0.3 is 5.97 Å². The van der Waals surface area contributed by atoms with Gasteiger partial charge in [-0.05, 0) is 37.8 Å². The Balaban J connectivity index is 1.63. The van der Waals surface area contributed by atoms with E-state index in [2.05, 4.69) is 11.4 Å². The minimum atomic E-state index is -0.905. The molecule has 2 fully saturated rings. The lowest BCUT2D eigenvalue weighted by Gasteiger charge is -2.31. The summed E-state index contributed by atoms with van der Waals surface area (Å²) < 4.78 is 5.02. The summed E-state index contributed by atoms with van der Waals surface area (Å²) in [5.74, 6) is -1.36. The number of hydrogen-bond acceptors (Lipinski definition) is 7. The number of amides is 1. The highest BCUT2D eigenvalue weighted by atomic mass is 16.6. The number of benzene rings is 1. The van der Waals surface area contributed by atoms with Gasteiger partial charge in [0.2, 0.25) is 0 Å². The molecule has 154 valence electrons. The van der Waals surface area contributed by atoms with E-state index in [9.17, 15) is 25.0 Å². The normalized spacial score (nSPS) is 18.0. The fourth-order valence-electron chi connectivity index (χ4n) is 3.96. The maximum absolute atomic E-state index is 12.3. The molecule has 2 aliphatic rings. The second kappa shape index (κ2) is 8.90. The summed E-state index contributed by atoms with van der Waals surface area (Å²) >= 11 is 0. The van der Waals surface area contributed by atoms with E-state index in [0.717, 1.165) is 45.2 Å². The van der Waals surface area contributed by atoms with E-state index in [-0.39, 0.29) is 11.3 Å². The van der Waals surface area contributed by atoms with E-state index in [1.54, 1.807) is 6.07 Å². The Bertz CT molecular complexity index is 836. The van der Waals surface area contributed by atoms with Crippen molar-refractivity contribution in [1.82, 2.24) is 5.32 Å². The first-order valence-electron chi connectivity index (χ1n) is 9.87. The highest BCUT2D eigenvalue weighted by Crippen LogP contribution is 2.32. The smallest absolute Gasteiger partial charge is 0.338 e. The van der Waals surface area contributed by atoms with E-state index in [1.165, 1.54) is 12.1 Å². The Labute approximate surface area is 168 Å². The minimum Gasteiger partial charge on any atom is -0.452 e. The second-order valence-corrected chi connectivity index (χ2v) is 7.53. The van der Waals surface area contributed by atoms with Gasteiger partial charge in [-0.2, -0.15) is 5.26 Å². The van der Waals surface area contributed by atoms with Crippen LogP contribution >= 0.6 is 0 Å². The number of esters is 1. The van der Waals surface area contributed by atoms with Crippen molar-refractivity contribution in [3.63, 3.8) is 0 Å². The monoisotopic (exact) mass is 400 g/mol. The molecule has 1 aromatic rings. The first-order valence-corrected chi connectivity index (χ1v) is 9.87. The third-order valence-corrected chi connectivity index (χ3v) is 5.49. The van der Waals surface area contributed by atoms with Crippen molar-refractivity contribution < 1.29 is 19.2 Å². The quantitative estimate of drug-likeness (QED) is 0.442. The molecule has 0 aromatic heterocycles. The minimum absolute atomic E-state index is 0.0140. The number of nitriles is 1. The van der Waals surface area contributed by atoms with Gasteiger partial charge in [-0.1, -0.05) is 19.3 Å². The number of nitro groups is 1. The number of carbonyl (C=O) groups is 2. The third-order valence-electron chi connectivity index (χ3n) is 5.49. The number of nitro benzene ring substituents is 1. The molecular weight excluding hydrogens is 376 g/mol. The Kier molecular flexibility index (Phi) is 6.32. The lowest BCUT2D eigenvalue weighted by molar-refractivity contribution is -0.384. The summed E-state index contributed by atoms with van der Waals surface area (Å²) in [6, 6.07) is 6.37. The molecule has 0 radical (unpaired) electrons. The zero-order valence-corrected chi connectivity index (χ0v) is 16.2. The lowest BCUT2D eigenvalue weighted by atomic mass is 9.83. The van der Waals surface area contributed by atoms with Gasteiger partial charge in [0.05, 0.1) is 16.6 Å². The molecule has 29 heavy (non-hydrogen) atoms. The van der Waals surface area contributed by atoms with E-state index in [0.29, 0.717) is 18.5 Å². The number of carbonyl (C=O) groups excluding carboxylic acids is 2. The van der Waals surface area contributed by atoms with Gasteiger partial charge in [-0.3, -0.25) is 14.9 Å². The maximum Gasteiger partial charge on any atom is 0.338 e. The van der Waals surface area contributed by atoms with Crippen molar-refractivity contribution in [3.05, 3.63) is 33.9 Å². The molecule has 1 amide bonds. The van der Waals surface area contributed by atoms with Crippen LogP contribution in [0.4, 0.5) is 11.4 Å². The molecule has 1 N–H and O–H groups in total. The zero-order chi connectivity index (χ0) is 20.9. The van der Waals surface area contributed by atoms with E-state index in [1.807, 2.05) is 4.90 Å². The molecule has 0 spiro atoms. The van der Waals surface area contributed by atoms with Crippen molar-refractivity contribution in [3.8, 4) is 6.07 Å². The van der Waals surface area contributed by atoms with Gasteiger partial charge in [0.25, 0.3) is 11.6 Å². The fraction of sp³-hybridized carbons (Fsp3) is 0.550. The first kappa shape index (κ1) is 20.6. The summed E-state index contributed by atoms with van der Waals surface area (Å²) in [7, 11) is 0. The Morgan fingerprint density at radius 2 is 1.90 bits per heavy atom. The maximum atomic E-state index is 12.3. The number of rotatable bonds is 6. The van der Waals surface area contributed by atoms with Crippen LogP contribution in [0, 0.1) is 21.4 Å². The molecular formula is C20H24N4O5. The van der Waals surface area contributed by atoms with Crippen molar-refractivity contribution in [2.75, 3.05) is 24.6 Å². The molecule has 9 nitrogen and oxygen atoms in total. The topological polar surface area (TPSA) is 126 Å². The average molecular weight is 400 g/mol. The fourth-order valence-corrected chi connectivity index (χ4v) is 3.96. The Morgan fingerprint density at radius 3 is 2.52 bits per heavy atom. The zero-order valence-electron chi connectivity index (χ0n) is 16.2. The van der Waals surface area contributed by atoms with Gasteiger partial charge in [0.15, 0.2) is 6.61 Å². The molecule has 0 atom stereocenters. The predicted molar refractivity (Wildman–Crippen MR) is 104 cm³/mol. The molecule has 1 saturated heterocycles. The molecule has 1 aromatic carbocycles. The summed E-state index contributed by atoms with van der Waals surface area (Å²) in [6.07, 6.45) is 5.85. The van der Waals surface area contributed by atoms with Crippen LogP contribution in [0.3, 0.4) is 0 Å². The standard InChI is InChI=1S/C20H24N4O5/c21-14-20(8-2-1-3-9-20)22-18(25)13-29-19(26)15-6-7-16(17(12-15)24(27)28)23-10-4-5-11-23/h6-7,12H,1-5,8-11,13H2,(H,22,25). The molecule has 0 unspecified atom stereocenters. The van der Waals surface area contributed by atoms with E-state index in [4.69, 9.17) is 4.74 Å². The van der Waals surface area contributed by atoms with Gasteiger partial charge in [0.1, 0.15) is 11.2 Å². The first-order chi connectivity index (χ1) is 13.9. The molecule has 9 heteroatoms. The van der Waals surface area contributed by atoms with Crippen LogP contribution in [-0.2, 0) is 9.53 Å². The van der Waals surface area contributed by atoms with Gasteiger partial charge in [0, 0.05) is 19.2 Å². The highest BCUT2D eigenvalue weighted by molar-refractivity contribution is 5.93. The third kappa shape index (κ3) is 4.83. The number of hydrogen-bond donors (Lipinski definition) is 1. The van der Waals surface area contributed by atoms with E-state index < -0.39 is 28.9 Å². The van der Waals surface area contributed by atoms with E-state index >= 15 is 0 Å². The predicted octanol–water partition coefficient (Wildman–Crippen LogP) is 2.69. The highest BCUT2D eigenvalue weighted by Gasteiger charge is 2.33. The second-order valence-electron chi connectivity index (χ2n) is 7.53. The summed E-state index contributed by atoms with van der Waals surface area (Å²) in [5, 5.41) is 23.5. The van der Waals surface area contributed by atoms with Crippen LogP contribution in [0.15, 0.2) is 18.2 Å². The Morgan fingerprint density at radius 1 is 1.21 bits per heavy atom. The largest absolute Gasteiger partial charge is 0.452 e. The van der Waals surface area contributed by atoms with Crippen molar-refractivity contribution in [2.45, 2.75) is 50.5 Å². The van der Waals surface area contributed by atoms with Gasteiger partial charge in [-0.15, -0.1) is 0 Å². The van der Waals surface area contributed by atoms with Crippen molar-refractivity contribution >= 4 is 23.3 Å². The molecule has 3 rings (SSSR count). The molecule has 1 saturated carbocycles. The number of ether oxygens (including phenoxy) is 1. The van der Waals surface area contributed by atoms with Crippen LogP contribution in [0.5, 0.6) is 0 Å². The number of nitrogens with zero attached hydrogens (tertiary/aromatic N) is 3.